The number of hydrogen-bond acceptors (Lipinski definition) is 4. The number of nitro groups is 1. The number of hydrogen-bond donors (Lipinski definition) is 0. The number of nitro benzene ring substituents is 1. The SMILES string of the molecule is CC(C)(C)OC(=O)C(Cl)c1ccc([N+](=O)[O-])cc1Cl. The second kappa shape index (κ2) is 5.75. The fourth-order valence-electron chi connectivity index (χ4n) is 1.32. The first kappa shape index (κ1) is 15.7. The number of non-ortho nitro benzene ring substituents is 1. The standard InChI is InChI=1S/C12H13Cl2NO4/c1-12(2,3)19-11(16)10(14)8-5-4-7(15(17)18)6-9(8)13/h4-6,10H,1-3H3. The third-order valence-corrected chi connectivity index (χ3v) is 2.82. The first-order valence-corrected chi connectivity index (χ1v) is 6.24. The van der Waals surface area contributed by atoms with Crippen molar-refractivity contribution in [3.8, 4) is 0 Å². The highest BCUT2D eigenvalue weighted by Crippen LogP contribution is 2.32. The molecule has 1 rings (SSSR count). The number of ether oxygens (including phenoxy) is 1. The lowest BCUT2D eigenvalue weighted by molar-refractivity contribution is -0.384. The molecular weight excluding hydrogens is 293 g/mol. The van der Waals surface area contributed by atoms with Crippen molar-refractivity contribution in [3.63, 3.8) is 0 Å². The predicted octanol–water partition coefficient (Wildman–Crippen LogP) is 3.87. The van der Waals surface area contributed by atoms with Gasteiger partial charge in [-0.3, -0.25) is 14.9 Å². The summed E-state index contributed by atoms with van der Waals surface area (Å²) in [5.74, 6) is -0.648. The van der Waals surface area contributed by atoms with E-state index in [1.54, 1.807) is 20.8 Å². The molecular formula is C12H13Cl2NO4. The summed E-state index contributed by atoms with van der Waals surface area (Å²) in [6.07, 6.45) is 0. The van der Waals surface area contributed by atoms with Gasteiger partial charge in [-0.25, -0.2) is 0 Å². The van der Waals surface area contributed by atoms with Crippen LogP contribution in [0.25, 0.3) is 0 Å². The Bertz CT molecular complexity index is 511. The first-order valence-electron chi connectivity index (χ1n) is 5.42. The third-order valence-electron chi connectivity index (χ3n) is 2.08. The maximum absolute atomic E-state index is 11.8. The van der Waals surface area contributed by atoms with E-state index in [9.17, 15) is 14.9 Å². The van der Waals surface area contributed by atoms with Crippen LogP contribution in [-0.2, 0) is 9.53 Å². The minimum Gasteiger partial charge on any atom is -0.459 e. The van der Waals surface area contributed by atoms with E-state index < -0.39 is 21.9 Å². The number of carbonyl (C=O) groups excluding carboxylic acids is 1. The van der Waals surface area contributed by atoms with Gasteiger partial charge in [0.25, 0.3) is 5.69 Å². The molecule has 0 aliphatic carbocycles. The lowest BCUT2D eigenvalue weighted by atomic mass is 10.1. The molecule has 0 saturated heterocycles. The molecule has 0 aromatic heterocycles. The van der Waals surface area contributed by atoms with E-state index in [0.29, 0.717) is 0 Å². The van der Waals surface area contributed by atoms with Gasteiger partial charge < -0.3 is 4.74 Å². The van der Waals surface area contributed by atoms with Crippen molar-refractivity contribution in [2.24, 2.45) is 0 Å². The van der Waals surface area contributed by atoms with Crippen molar-refractivity contribution in [2.75, 3.05) is 0 Å². The molecule has 0 radical (unpaired) electrons. The molecule has 1 aromatic rings. The van der Waals surface area contributed by atoms with E-state index in [1.165, 1.54) is 12.1 Å². The Morgan fingerprint density at radius 2 is 2.00 bits per heavy atom. The molecule has 5 nitrogen and oxygen atoms in total. The summed E-state index contributed by atoms with van der Waals surface area (Å²) < 4.78 is 5.12. The van der Waals surface area contributed by atoms with Crippen molar-refractivity contribution < 1.29 is 14.5 Å². The lowest BCUT2D eigenvalue weighted by Gasteiger charge is -2.21. The molecule has 1 atom stereocenters. The van der Waals surface area contributed by atoms with Crippen LogP contribution in [0.4, 0.5) is 5.69 Å². The van der Waals surface area contributed by atoms with E-state index in [0.717, 1.165) is 6.07 Å². The zero-order valence-electron chi connectivity index (χ0n) is 10.6. The molecule has 104 valence electrons. The van der Waals surface area contributed by atoms with Crippen LogP contribution in [0.1, 0.15) is 31.7 Å². The zero-order chi connectivity index (χ0) is 14.8. The molecule has 0 heterocycles. The summed E-state index contributed by atoms with van der Waals surface area (Å²) in [6, 6.07) is 3.74. The number of esters is 1. The summed E-state index contributed by atoms with van der Waals surface area (Å²) in [6.45, 7) is 5.14. The van der Waals surface area contributed by atoms with Crippen molar-refractivity contribution in [1.82, 2.24) is 0 Å². The summed E-state index contributed by atoms with van der Waals surface area (Å²) in [5, 5.41) is 9.53. The highest BCUT2D eigenvalue weighted by Gasteiger charge is 2.27. The average Bonchev–Trinajstić information content (AvgIpc) is 2.25. The van der Waals surface area contributed by atoms with Crippen LogP contribution in [0.5, 0.6) is 0 Å². The minimum absolute atomic E-state index is 0.0556. The fraction of sp³-hybridized carbons (Fsp3) is 0.417. The Morgan fingerprint density at radius 3 is 2.42 bits per heavy atom. The number of rotatable bonds is 3. The smallest absolute Gasteiger partial charge is 0.329 e. The van der Waals surface area contributed by atoms with E-state index in [-0.39, 0.29) is 16.3 Å². The van der Waals surface area contributed by atoms with E-state index in [1.807, 2.05) is 0 Å². The van der Waals surface area contributed by atoms with E-state index >= 15 is 0 Å². The molecule has 0 fully saturated rings. The number of carbonyl (C=O) groups is 1. The summed E-state index contributed by atoms with van der Waals surface area (Å²) in [4.78, 5) is 21.8. The average molecular weight is 306 g/mol. The highest BCUT2D eigenvalue weighted by atomic mass is 35.5. The fourth-order valence-corrected chi connectivity index (χ4v) is 1.89. The van der Waals surface area contributed by atoms with Crippen molar-refractivity contribution in [1.29, 1.82) is 0 Å². The topological polar surface area (TPSA) is 69.4 Å². The number of halogens is 2. The van der Waals surface area contributed by atoms with Gasteiger partial charge in [-0.1, -0.05) is 11.6 Å². The Labute approximate surface area is 120 Å². The minimum atomic E-state index is -1.10. The molecule has 0 amide bonds. The molecule has 0 saturated carbocycles. The van der Waals surface area contributed by atoms with E-state index in [2.05, 4.69) is 0 Å². The quantitative estimate of drug-likeness (QED) is 0.368. The maximum Gasteiger partial charge on any atom is 0.329 e. The number of nitrogens with zero attached hydrogens (tertiary/aromatic N) is 1. The Morgan fingerprint density at radius 1 is 1.42 bits per heavy atom. The Balaban J connectivity index is 2.97. The van der Waals surface area contributed by atoms with Gasteiger partial charge in [0.15, 0.2) is 5.38 Å². The molecule has 19 heavy (non-hydrogen) atoms. The third kappa shape index (κ3) is 4.36. The first-order chi connectivity index (χ1) is 8.61. The van der Waals surface area contributed by atoms with Gasteiger partial charge in [0.2, 0.25) is 0 Å². The molecule has 0 aliphatic rings. The van der Waals surface area contributed by atoms with Crippen molar-refractivity contribution in [3.05, 3.63) is 38.9 Å². The van der Waals surface area contributed by atoms with Gasteiger partial charge in [-0.05, 0) is 26.8 Å². The van der Waals surface area contributed by atoms with Crippen LogP contribution in [0.3, 0.4) is 0 Å². The van der Waals surface area contributed by atoms with Gasteiger partial charge in [0, 0.05) is 17.7 Å². The van der Waals surface area contributed by atoms with Gasteiger partial charge in [-0.2, -0.15) is 0 Å². The van der Waals surface area contributed by atoms with Crippen molar-refractivity contribution >= 4 is 34.9 Å². The number of alkyl halides is 1. The van der Waals surface area contributed by atoms with Crippen LogP contribution in [0, 0.1) is 10.1 Å². The molecule has 1 aromatic carbocycles. The Hall–Kier alpha value is -1.33. The van der Waals surface area contributed by atoms with Crippen LogP contribution in [0.2, 0.25) is 5.02 Å². The van der Waals surface area contributed by atoms with Crippen LogP contribution in [0.15, 0.2) is 18.2 Å². The molecule has 0 bridgehead atoms. The van der Waals surface area contributed by atoms with E-state index in [4.69, 9.17) is 27.9 Å². The molecule has 0 spiro atoms. The molecule has 7 heteroatoms. The van der Waals surface area contributed by atoms with Gasteiger partial charge in [0.1, 0.15) is 5.60 Å². The second-order valence-corrected chi connectivity index (χ2v) is 5.70. The van der Waals surface area contributed by atoms with Gasteiger partial charge >= 0.3 is 5.97 Å². The second-order valence-electron chi connectivity index (χ2n) is 4.86. The molecule has 0 aliphatic heterocycles. The van der Waals surface area contributed by atoms with Gasteiger partial charge in [0.05, 0.1) is 9.95 Å². The lowest BCUT2D eigenvalue weighted by Crippen LogP contribution is -2.26. The van der Waals surface area contributed by atoms with Crippen LogP contribution < -0.4 is 0 Å². The highest BCUT2D eigenvalue weighted by molar-refractivity contribution is 6.35. The maximum atomic E-state index is 11.8. The number of benzene rings is 1. The monoisotopic (exact) mass is 305 g/mol. The molecule has 1 unspecified atom stereocenters. The summed E-state index contributed by atoms with van der Waals surface area (Å²) >= 11 is 11.9. The largest absolute Gasteiger partial charge is 0.459 e. The molecule has 0 N–H and O–H groups in total. The zero-order valence-corrected chi connectivity index (χ0v) is 12.2. The normalized spacial score (nSPS) is 12.9. The van der Waals surface area contributed by atoms with Crippen LogP contribution in [-0.4, -0.2) is 16.5 Å². The Kier molecular flexibility index (Phi) is 4.76. The predicted molar refractivity (Wildman–Crippen MR) is 72.5 cm³/mol. The van der Waals surface area contributed by atoms with Crippen molar-refractivity contribution in [2.45, 2.75) is 31.7 Å². The summed E-state index contributed by atoms with van der Waals surface area (Å²) in [7, 11) is 0. The van der Waals surface area contributed by atoms with Gasteiger partial charge in [-0.15, -0.1) is 11.6 Å². The summed E-state index contributed by atoms with van der Waals surface area (Å²) in [5.41, 5.74) is -0.553. The van der Waals surface area contributed by atoms with Crippen LogP contribution >= 0.6 is 23.2 Å².